The molecule has 2 aliphatic heterocycles. The van der Waals surface area contributed by atoms with E-state index in [1.165, 1.54) is 24.1 Å². The molecular formula is C25H28ClN5. The van der Waals surface area contributed by atoms with Gasteiger partial charge in [0.2, 0.25) is 5.28 Å². The quantitative estimate of drug-likeness (QED) is 0.557. The molecule has 0 spiro atoms. The molecule has 0 amide bonds. The number of benzene rings is 2. The number of hydrogen-bond acceptors (Lipinski definition) is 5. The highest BCUT2D eigenvalue weighted by Crippen LogP contribution is 2.31. The molecule has 1 saturated heterocycles. The molecule has 31 heavy (non-hydrogen) atoms. The van der Waals surface area contributed by atoms with E-state index in [0.717, 1.165) is 56.2 Å². The Morgan fingerprint density at radius 3 is 2.35 bits per heavy atom. The highest BCUT2D eigenvalue weighted by Gasteiger charge is 2.25. The Labute approximate surface area is 189 Å². The van der Waals surface area contributed by atoms with E-state index >= 15 is 0 Å². The molecule has 0 radical (unpaired) electrons. The summed E-state index contributed by atoms with van der Waals surface area (Å²) in [5.41, 5.74) is 4.71. The second-order valence-corrected chi connectivity index (χ2v) is 8.73. The van der Waals surface area contributed by atoms with Crippen molar-refractivity contribution in [2.24, 2.45) is 0 Å². The summed E-state index contributed by atoms with van der Waals surface area (Å²) in [7, 11) is 0. The first-order valence-corrected chi connectivity index (χ1v) is 11.5. The van der Waals surface area contributed by atoms with Crippen LogP contribution in [-0.2, 0) is 13.0 Å². The predicted molar refractivity (Wildman–Crippen MR) is 127 cm³/mol. The first kappa shape index (κ1) is 20.3. The van der Waals surface area contributed by atoms with Crippen molar-refractivity contribution < 1.29 is 0 Å². The van der Waals surface area contributed by atoms with E-state index < -0.39 is 0 Å². The Hall–Kier alpha value is -2.63. The van der Waals surface area contributed by atoms with E-state index in [2.05, 4.69) is 85.7 Å². The van der Waals surface area contributed by atoms with Gasteiger partial charge in [0.05, 0.1) is 11.7 Å². The number of rotatable bonds is 6. The van der Waals surface area contributed by atoms with Crippen molar-refractivity contribution in [1.82, 2.24) is 14.9 Å². The molecule has 1 unspecified atom stereocenters. The van der Waals surface area contributed by atoms with Crippen LogP contribution in [0.15, 0.2) is 60.7 Å². The second-order valence-electron chi connectivity index (χ2n) is 8.39. The molecule has 5 nitrogen and oxygen atoms in total. The van der Waals surface area contributed by atoms with Gasteiger partial charge < -0.3 is 15.1 Å². The Balaban J connectivity index is 1.45. The number of aromatic nitrogens is 2. The minimum atomic E-state index is 0.154. The van der Waals surface area contributed by atoms with E-state index in [-0.39, 0.29) is 6.04 Å². The maximum absolute atomic E-state index is 6.35. The fourth-order valence-corrected chi connectivity index (χ4v) is 4.86. The smallest absolute Gasteiger partial charge is 0.224 e. The van der Waals surface area contributed by atoms with Crippen molar-refractivity contribution in [3.63, 3.8) is 0 Å². The van der Waals surface area contributed by atoms with Crippen LogP contribution in [0.3, 0.4) is 0 Å². The van der Waals surface area contributed by atoms with Crippen molar-refractivity contribution in [3.8, 4) is 0 Å². The molecule has 0 saturated carbocycles. The average Bonchev–Trinajstić information content (AvgIpc) is 3.33. The van der Waals surface area contributed by atoms with Crippen LogP contribution < -0.4 is 10.2 Å². The van der Waals surface area contributed by atoms with Crippen molar-refractivity contribution in [3.05, 3.63) is 82.8 Å². The zero-order chi connectivity index (χ0) is 21.0. The van der Waals surface area contributed by atoms with Gasteiger partial charge in [-0.25, -0.2) is 9.97 Å². The lowest BCUT2D eigenvalue weighted by atomic mass is 10.0. The molecule has 3 aromatic rings. The van der Waals surface area contributed by atoms with Crippen molar-refractivity contribution >= 4 is 23.1 Å². The van der Waals surface area contributed by atoms with Crippen LogP contribution in [-0.4, -0.2) is 41.0 Å². The van der Waals surface area contributed by atoms with Crippen LogP contribution in [0.4, 0.5) is 11.5 Å². The van der Waals surface area contributed by atoms with E-state index in [0.29, 0.717) is 5.28 Å². The van der Waals surface area contributed by atoms with Gasteiger partial charge in [-0.15, -0.1) is 0 Å². The maximum atomic E-state index is 6.35. The van der Waals surface area contributed by atoms with Gasteiger partial charge in [-0.3, -0.25) is 0 Å². The van der Waals surface area contributed by atoms with Crippen LogP contribution in [0.1, 0.15) is 35.7 Å². The number of hydrogen-bond donors (Lipinski definition) is 1. The molecule has 1 fully saturated rings. The van der Waals surface area contributed by atoms with Gasteiger partial charge in [0.25, 0.3) is 0 Å². The van der Waals surface area contributed by atoms with Crippen molar-refractivity contribution in [2.45, 2.75) is 31.8 Å². The van der Waals surface area contributed by atoms with Gasteiger partial charge >= 0.3 is 0 Å². The average molecular weight is 434 g/mol. The van der Waals surface area contributed by atoms with Gasteiger partial charge in [-0.1, -0.05) is 48.5 Å². The van der Waals surface area contributed by atoms with Gasteiger partial charge in [-0.2, -0.15) is 0 Å². The summed E-state index contributed by atoms with van der Waals surface area (Å²) in [4.78, 5) is 14.1. The number of likely N-dealkylation sites (tertiary alicyclic amines) is 1. The first-order chi connectivity index (χ1) is 15.3. The molecule has 0 bridgehead atoms. The van der Waals surface area contributed by atoms with E-state index in [1.54, 1.807) is 0 Å². The minimum absolute atomic E-state index is 0.154. The molecule has 0 aliphatic carbocycles. The van der Waals surface area contributed by atoms with Gasteiger partial charge in [0.1, 0.15) is 5.82 Å². The lowest BCUT2D eigenvalue weighted by Gasteiger charge is -2.32. The topological polar surface area (TPSA) is 44.3 Å². The Morgan fingerprint density at radius 2 is 1.61 bits per heavy atom. The molecule has 1 aromatic heterocycles. The highest BCUT2D eigenvalue weighted by atomic mass is 35.5. The SMILES string of the molecule is Clc1nc2c(c(NC(CN3CCCC3)c3ccccc3)n1)CN(c1ccccc1)CC2. The van der Waals surface area contributed by atoms with Crippen LogP contribution in [0.2, 0.25) is 5.28 Å². The largest absolute Gasteiger partial charge is 0.367 e. The fraction of sp³-hybridized carbons (Fsp3) is 0.360. The molecule has 5 rings (SSSR count). The lowest BCUT2D eigenvalue weighted by molar-refractivity contribution is 0.323. The van der Waals surface area contributed by atoms with Crippen LogP contribution in [0.25, 0.3) is 0 Å². The summed E-state index contributed by atoms with van der Waals surface area (Å²) >= 11 is 6.35. The summed E-state index contributed by atoms with van der Waals surface area (Å²) in [6.45, 7) is 5.00. The van der Waals surface area contributed by atoms with Gasteiger partial charge in [0.15, 0.2) is 0 Å². The molecule has 160 valence electrons. The highest BCUT2D eigenvalue weighted by molar-refractivity contribution is 6.28. The Kier molecular flexibility index (Phi) is 6.05. The van der Waals surface area contributed by atoms with Crippen LogP contribution in [0, 0.1) is 0 Å². The summed E-state index contributed by atoms with van der Waals surface area (Å²) in [6, 6.07) is 21.4. The number of nitrogens with one attached hydrogen (secondary N) is 1. The van der Waals surface area contributed by atoms with Gasteiger partial charge in [-0.05, 0) is 55.2 Å². The van der Waals surface area contributed by atoms with Gasteiger partial charge in [0, 0.05) is 37.3 Å². The Bertz CT molecular complexity index is 1010. The molecule has 1 N–H and O–H groups in total. The minimum Gasteiger partial charge on any atom is -0.367 e. The molecule has 3 heterocycles. The fourth-order valence-electron chi connectivity index (χ4n) is 4.67. The maximum Gasteiger partial charge on any atom is 0.224 e. The summed E-state index contributed by atoms with van der Waals surface area (Å²) in [5, 5.41) is 4.08. The number of anilines is 2. The van der Waals surface area contributed by atoms with Crippen LogP contribution >= 0.6 is 11.6 Å². The molecular weight excluding hydrogens is 406 g/mol. The summed E-state index contributed by atoms with van der Waals surface area (Å²) < 4.78 is 0. The van der Waals surface area contributed by atoms with E-state index in [4.69, 9.17) is 11.6 Å². The number of para-hydroxylation sites is 1. The third-order valence-electron chi connectivity index (χ3n) is 6.31. The third kappa shape index (κ3) is 4.68. The normalized spacial score (nSPS) is 17.4. The van der Waals surface area contributed by atoms with Crippen LogP contribution in [0.5, 0.6) is 0 Å². The zero-order valence-corrected chi connectivity index (χ0v) is 18.4. The zero-order valence-electron chi connectivity index (χ0n) is 17.7. The molecule has 2 aliphatic rings. The molecule has 6 heteroatoms. The van der Waals surface area contributed by atoms with E-state index in [1.807, 2.05) is 0 Å². The second kappa shape index (κ2) is 9.25. The first-order valence-electron chi connectivity index (χ1n) is 11.2. The number of nitrogens with zero attached hydrogens (tertiary/aromatic N) is 4. The van der Waals surface area contributed by atoms with Crippen molar-refractivity contribution in [2.75, 3.05) is 36.4 Å². The summed E-state index contributed by atoms with van der Waals surface area (Å²) in [5.74, 6) is 0.865. The predicted octanol–water partition coefficient (Wildman–Crippen LogP) is 4.94. The monoisotopic (exact) mass is 433 g/mol. The molecule has 2 aromatic carbocycles. The number of halogens is 1. The standard InChI is InChI=1S/C25H28ClN5/c26-25-28-22-13-16-31(20-11-5-2-6-12-20)17-21(22)24(29-25)27-23(18-30-14-7-8-15-30)19-9-3-1-4-10-19/h1-6,9-12,23H,7-8,13-18H2,(H,27,28,29). The lowest BCUT2D eigenvalue weighted by Crippen LogP contribution is -2.33. The van der Waals surface area contributed by atoms with Crippen molar-refractivity contribution in [1.29, 1.82) is 0 Å². The third-order valence-corrected chi connectivity index (χ3v) is 6.48. The van der Waals surface area contributed by atoms with E-state index in [9.17, 15) is 0 Å². The summed E-state index contributed by atoms with van der Waals surface area (Å²) in [6.07, 6.45) is 3.42. The number of fused-ring (bicyclic) bond motifs is 1. The molecule has 1 atom stereocenters. The Morgan fingerprint density at radius 1 is 0.903 bits per heavy atom.